The largest absolute Gasteiger partial charge is 0.357 e. The standard InChI is InChI=1S/C14H28N4O3S/c1-4-11(3)17-13(19)6-8-16-14(15-5-2)18-12-7-9-22(20,21)10-12/h11-12H,4-10H2,1-3H3,(H,17,19)(H2,15,16,18). The van der Waals surface area contributed by atoms with E-state index in [0.29, 0.717) is 31.9 Å². The van der Waals surface area contributed by atoms with Crippen LogP contribution in [0.4, 0.5) is 0 Å². The fourth-order valence-corrected chi connectivity index (χ4v) is 3.81. The molecule has 0 aromatic carbocycles. The summed E-state index contributed by atoms with van der Waals surface area (Å²) in [6.45, 7) is 6.99. The van der Waals surface area contributed by atoms with Crippen molar-refractivity contribution in [2.45, 2.75) is 52.1 Å². The highest BCUT2D eigenvalue weighted by Crippen LogP contribution is 2.10. The zero-order valence-electron chi connectivity index (χ0n) is 13.7. The zero-order valence-corrected chi connectivity index (χ0v) is 14.5. The van der Waals surface area contributed by atoms with Gasteiger partial charge >= 0.3 is 0 Å². The number of hydrogen-bond donors (Lipinski definition) is 3. The van der Waals surface area contributed by atoms with Gasteiger partial charge in [0, 0.05) is 25.0 Å². The minimum absolute atomic E-state index is 0.0163. The Balaban J connectivity index is 2.43. The molecule has 8 heteroatoms. The lowest BCUT2D eigenvalue weighted by Crippen LogP contribution is -2.44. The molecule has 0 aromatic rings. The molecule has 1 amide bonds. The lowest BCUT2D eigenvalue weighted by atomic mass is 10.2. The highest BCUT2D eigenvalue weighted by atomic mass is 32.2. The molecule has 0 saturated carbocycles. The molecule has 2 unspecified atom stereocenters. The van der Waals surface area contributed by atoms with Crippen molar-refractivity contribution in [3.05, 3.63) is 0 Å². The molecule has 2 atom stereocenters. The number of nitrogens with one attached hydrogen (secondary N) is 3. The molecule has 0 spiro atoms. The van der Waals surface area contributed by atoms with E-state index in [4.69, 9.17) is 0 Å². The van der Waals surface area contributed by atoms with Gasteiger partial charge in [-0.1, -0.05) is 6.92 Å². The topological polar surface area (TPSA) is 99.7 Å². The normalized spacial score (nSPS) is 22.1. The zero-order chi connectivity index (χ0) is 16.6. The van der Waals surface area contributed by atoms with E-state index in [1.807, 2.05) is 20.8 Å². The predicted molar refractivity (Wildman–Crippen MR) is 88.7 cm³/mol. The van der Waals surface area contributed by atoms with E-state index in [0.717, 1.165) is 6.42 Å². The van der Waals surface area contributed by atoms with Crippen LogP contribution in [0, 0.1) is 0 Å². The summed E-state index contributed by atoms with van der Waals surface area (Å²) < 4.78 is 22.9. The minimum Gasteiger partial charge on any atom is -0.357 e. The minimum atomic E-state index is -2.92. The molecule has 0 aliphatic carbocycles. The molecule has 128 valence electrons. The third-order valence-corrected chi connectivity index (χ3v) is 5.31. The van der Waals surface area contributed by atoms with E-state index in [2.05, 4.69) is 20.9 Å². The van der Waals surface area contributed by atoms with Crippen LogP contribution in [0.3, 0.4) is 0 Å². The molecule has 0 bridgehead atoms. The van der Waals surface area contributed by atoms with Gasteiger partial charge in [0.2, 0.25) is 5.91 Å². The summed E-state index contributed by atoms with van der Waals surface area (Å²) in [4.78, 5) is 16.0. The Hall–Kier alpha value is -1.31. The summed E-state index contributed by atoms with van der Waals surface area (Å²) in [7, 11) is -2.92. The van der Waals surface area contributed by atoms with E-state index in [1.54, 1.807) is 0 Å². The quantitative estimate of drug-likeness (QED) is 0.451. The molecule has 0 radical (unpaired) electrons. The number of carbonyl (C=O) groups is 1. The van der Waals surface area contributed by atoms with Gasteiger partial charge < -0.3 is 16.0 Å². The van der Waals surface area contributed by atoms with Crippen LogP contribution in [0.5, 0.6) is 0 Å². The predicted octanol–water partition coefficient (Wildman–Crippen LogP) is 0.0334. The molecule has 1 aliphatic heterocycles. The highest BCUT2D eigenvalue weighted by Gasteiger charge is 2.28. The number of guanidine groups is 1. The van der Waals surface area contributed by atoms with Crippen molar-refractivity contribution < 1.29 is 13.2 Å². The number of amides is 1. The summed E-state index contributed by atoms with van der Waals surface area (Å²) in [6, 6.07) is 0.0725. The molecular formula is C14H28N4O3S. The van der Waals surface area contributed by atoms with Crippen LogP contribution in [0.2, 0.25) is 0 Å². The fraction of sp³-hybridized carbons (Fsp3) is 0.857. The van der Waals surface area contributed by atoms with Gasteiger partial charge in [-0.25, -0.2) is 8.42 Å². The van der Waals surface area contributed by atoms with E-state index < -0.39 is 9.84 Å². The summed E-state index contributed by atoms with van der Waals surface area (Å²) in [6.07, 6.45) is 1.82. The van der Waals surface area contributed by atoms with Crippen molar-refractivity contribution in [2.75, 3.05) is 24.6 Å². The van der Waals surface area contributed by atoms with E-state index in [9.17, 15) is 13.2 Å². The molecule has 3 N–H and O–H groups in total. The second-order valence-electron chi connectivity index (χ2n) is 5.63. The van der Waals surface area contributed by atoms with Crippen LogP contribution in [0.1, 0.15) is 40.0 Å². The maximum atomic E-state index is 11.7. The molecule has 0 aromatic heterocycles. The van der Waals surface area contributed by atoms with E-state index in [1.165, 1.54) is 0 Å². The Labute approximate surface area is 133 Å². The number of sulfone groups is 1. The van der Waals surface area contributed by atoms with Gasteiger partial charge in [0.1, 0.15) is 0 Å². The van der Waals surface area contributed by atoms with Gasteiger partial charge in [0.05, 0.1) is 18.1 Å². The first-order valence-corrected chi connectivity index (χ1v) is 9.73. The van der Waals surface area contributed by atoms with Crippen molar-refractivity contribution in [3.63, 3.8) is 0 Å². The number of carbonyl (C=O) groups excluding carboxylic acids is 1. The van der Waals surface area contributed by atoms with Gasteiger partial charge in [-0.05, 0) is 26.7 Å². The van der Waals surface area contributed by atoms with E-state index in [-0.39, 0.29) is 29.5 Å². The first-order valence-electron chi connectivity index (χ1n) is 7.91. The number of hydrogen-bond acceptors (Lipinski definition) is 4. The molecule has 22 heavy (non-hydrogen) atoms. The second kappa shape index (κ2) is 8.97. The van der Waals surface area contributed by atoms with Crippen molar-refractivity contribution in [3.8, 4) is 0 Å². The molecule has 1 fully saturated rings. The van der Waals surface area contributed by atoms with Crippen LogP contribution in [0.25, 0.3) is 0 Å². The van der Waals surface area contributed by atoms with E-state index >= 15 is 0 Å². The number of rotatable bonds is 7. The molecule has 1 saturated heterocycles. The lowest BCUT2D eigenvalue weighted by molar-refractivity contribution is -0.121. The molecule has 1 aliphatic rings. The second-order valence-corrected chi connectivity index (χ2v) is 7.86. The van der Waals surface area contributed by atoms with Crippen molar-refractivity contribution >= 4 is 21.7 Å². The first-order chi connectivity index (χ1) is 10.4. The average Bonchev–Trinajstić information content (AvgIpc) is 2.77. The van der Waals surface area contributed by atoms with Gasteiger partial charge in [-0.15, -0.1) is 0 Å². The maximum Gasteiger partial charge on any atom is 0.222 e. The van der Waals surface area contributed by atoms with Crippen molar-refractivity contribution in [1.82, 2.24) is 16.0 Å². The van der Waals surface area contributed by atoms with Gasteiger partial charge in [-0.2, -0.15) is 0 Å². The Morgan fingerprint density at radius 1 is 1.36 bits per heavy atom. The van der Waals surface area contributed by atoms with Crippen LogP contribution in [-0.4, -0.2) is 57.0 Å². The number of nitrogens with zero attached hydrogens (tertiary/aromatic N) is 1. The third kappa shape index (κ3) is 7.11. The molecule has 1 rings (SSSR count). The lowest BCUT2D eigenvalue weighted by Gasteiger charge is -2.16. The van der Waals surface area contributed by atoms with Crippen molar-refractivity contribution in [1.29, 1.82) is 0 Å². The molecule has 7 nitrogen and oxygen atoms in total. The number of aliphatic imine (C=N–C) groups is 1. The van der Waals surface area contributed by atoms with Gasteiger partial charge in [0.15, 0.2) is 15.8 Å². The van der Waals surface area contributed by atoms with Crippen LogP contribution >= 0.6 is 0 Å². The van der Waals surface area contributed by atoms with Crippen LogP contribution in [0.15, 0.2) is 4.99 Å². The Kier molecular flexibility index (Phi) is 7.64. The smallest absolute Gasteiger partial charge is 0.222 e. The SMILES string of the molecule is CCNC(=NCCC(=O)NC(C)CC)NC1CCS(=O)(=O)C1. The van der Waals surface area contributed by atoms with Crippen LogP contribution in [-0.2, 0) is 14.6 Å². The van der Waals surface area contributed by atoms with Crippen molar-refractivity contribution in [2.24, 2.45) is 4.99 Å². The first kappa shape index (κ1) is 18.7. The summed E-state index contributed by atoms with van der Waals surface area (Å²) in [5.41, 5.74) is 0. The Morgan fingerprint density at radius 3 is 2.64 bits per heavy atom. The summed E-state index contributed by atoms with van der Waals surface area (Å²) in [5.74, 6) is 0.922. The van der Waals surface area contributed by atoms with Gasteiger partial charge in [0.25, 0.3) is 0 Å². The summed E-state index contributed by atoms with van der Waals surface area (Å²) in [5, 5.41) is 9.09. The highest BCUT2D eigenvalue weighted by molar-refractivity contribution is 7.91. The third-order valence-electron chi connectivity index (χ3n) is 3.55. The fourth-order valence-electron chi connectivity index (χ4n) is 2.14. The van der Waals surface area contributed by atoms with Crippen LogP contribution < -0.4 is 16.0 Å². The molecule has 1 heterocycles. The van der Waals surface area contributed by atoms with Gasteiger partial charge in [-0.3, -0.25) is 9.79 Å². The Bertz CT molecular complexity index is 490. The maximum absolute atomic E-state index is 11.7. The summed E-state index contributed by atoms with van der Waals surface area (Å²) >= 11 is 0. The monoisotopic (exact) mass is 332 g/mol. The average molecular weight is 332 g/mol. The Morgan fingerprint density at radius 2 is 2.09 bits per heavy atom. The molecular weight excluding hydrogens is 304 g/mol.